The van der Waals surface area contributed by atoms with Crippen LogP contribution in [0, 0.1) is 22.0 Å². The molecule has 2 aromatic rings. The summed E-state index contributed by atoms with van der Waals surface area (Å²) in [7, 11) is -17.0. The van der Waals surface area contributed by atoms with Crippen molar-refractivity contribution in [3.8, 4) is 23.3 Å². The Morgan fingerprint density at radius 1 is 1.20 bits per heavy atom. The minimum Gasteiger partial charge on any atom is -0.504 e. The number of amides is 1. The molecule has 45 heavy (non-hydrogen) atoms. The summed E-state index contributed by atoms with van der Waals surface area (Å²) in [6, 6.07) is 3.04. The first kappa shape index (κ1) is 36.3. The number of aromatic hydroxyl groups is 1. The van der Waals surface area contributed by atoms with Gasteiger partial charge in [0.05, 0.1) is 36.9 Å². The number of benzene rings is 1. The van der Waals surface area contributed by atoms with Crippen LogP contribution in [0.5, 0.6) is 11.5 Å². The number of aliphatic hydroxyl groups excluding tert-OH is 2. The SMILES string of the molecule is N[C@@H](Cc1ccc(O)c(OP(=O)(O)OP(=O)(O)OP(=O)(O)O)c1)C(=O)NCC#Cc1cc([N+](=O)[O-])n([C@H]2C[C@H](O)[C@@H](CO)O2)c1. The summed E-state index contributed by atoms with van der Waals surface area (Å²) in [6.07, 6.45) is -1.76. The van der Waals surface area contributed by atoms with E-state index in [1.165, 1.54) is 12.3 Å². The van der Waals surface area contributed by atoms with Gasteiger partial charge in [0.25, 0.3) is 0 Å². The van der Waals surface area contributed by atoms with Crippen LogP contribution < -0.4 is 15.6 Å². The van der Waals surface area contributed by atoms with Crippen molar-refractivity contribution >= 4 is 35.2 Å². The van der Waals surface area contributed by atoms with Gasteiger partial charge in [-0.3, -0.25) is 9.69 Å². The lowest BCUT2D eigenvalue weighted by atomic mass is 10.1. The normalized spacial score (nSPS) is 21.5. The third-order valence-electron chi connectivity index (χ3n) is 5.74. The summed E-state index contributed by atoms with van der Waals surface area (Å²) in [5.41, 5.74) is 6.21. The zero-order chi connectivity index (χ0) is 33.7. The number of phenols is 1. The molecule has 1 saturated heterocycles. The van der Waals surface area contributed by atoms with Crippen LogP contribution in [0.2, 0.25) is 0 Å². The van der Waals surface area contributed by atoms with Gasteiger partial charge in [-0.25, -0.2) is 18.3 Å². The monoisotopic (exact) mass is 700 g/mol. The van der Waals surface area contributed by atoms with Gasteiger partial charge in [0.2, 0.25) is 12.1 Å². The van der Waals surface area contributed by atoms with Crippen molar-refractivity contribution in [2.24, 2.45) is 5.73 Å². The standard InChI is InChI=1S/C21H27N4O17P3/c22-14(6-12-3-4-15(27)17(7-12)40-44(35,36)42-45(37,38)41-43(32,33)34)21(29)23-5-1-2-13-8-19(25(30)31)24(10-13)20-9-16(28)18(11-26)39-20/h3-4,7-8,10,14,16,18,20,26-28H,5-6,9,11,22H2,(H,23,29)(H,35,36)(H,37,38)(H2,32,33,34)/t14-,16-,18+,20+/m0/s1. The topological polar surface area (TPSA) is 333 Å². The van der Waals surface area contributed by atoms with Crippen LogP contribution in [0.3, 0.4) is 0 Å². The number of phosphoric acid groups is 3. The average molecular weight is 700 g/mol. The van der Waals surface area contributed by atoms with Crippen LogP contribution in [-0.4, -0.2) is 81.7 Å². The van der Waals surface area contributed by atoms with Gasteiger partial charge in [-0.05, 0) is 29.0 Å². The highest BCUT2D eigenvalue weighted by atomic mass is 31.3. The van der Waals surface area contributed by atoms with Crippen molar-refractivity contribution in [3.05, 3.63) is 51.7 Å². The molecule has 2 unspecified atom stereocenters. The number of nitrogens with zero attached hydrogens (tertiary/aromatic N) is 2. The predicted molar refractivity (Wildman–Crippen MR) is 147 cm³/mol. The first-order valence-corrected chi connectivity index (χ1v) is 16.8. The van der Waals surface area contributed by atoms with Crippen molar-refractivity contribution in [1.29, 1.82) is 0 Å². The van der Waals surface area contributed by atoms with Crippen LogP contribution in [0.4, 0.5) is 5.82 Å². The van der Waals surface area contributed by atoms with E-state index in [0.29, 0.717) is 0 Å². The maximum Gasteiger partial charge on any atom is 0.536 e. The van der Waals surface area contributed by atoms with Gasteiger partial charge in [0.1, 0.15) is 12.3 Å². The molecule has 21 nitrogen and oxygen atoms in total. The van der Waals surface area contributed by atoms with Crippen LogP contribution in [0.25, 0.3) is 0 Å². The Kier molecular flexibility index (Phi) is 11.7. The largest absolute Gasteiger partial charge is 0.536 e. The van der Waals surface area contributed by atoms with E-state index in [1.54, 1.807) is 0 Å². The molecule has 0 spiro atoms. The smallest absolute Gasteiger partial charge is 0.504 e. The van der Waals surface area contributed by atoms with Gasteiger partial charge in [-0.1, -0.05) is 17.9 Å². The highest BCUT2D eigenvalue weighted by Gasteiger charge is 2.42. The number of hydrogen-bond acceptors (Lipinski definition) is 14. The van der Waals surface area contributed by atoms with Crippen molar-refractivity contribution < 1.29 is 76.2 Å². The Hall–Kier alpha value is -3.18. The maximum atomic E-state index is 12.4. The zero-order valence-corrected chi connectivity index (χ0v) is 25.2. The summed E-state index contributed by atoms with van der Waals surface area (Å²) < 4.78 is 52.6. The molecule has 1 amide bonds. The number of aliphatic hydroxyl groups is 2. The second-order valence-electron chi connectivity index (χ2n) is 9.18. The Balaban J connectivity index is 1.60. The Morgan fingerprint density at radius 2 is 1.89 bits per heavy atom. The molecule has 6 atom stereocenters. The van der Waals surface area contributed by atoms with E-state index in [9.17, 15) is 53.7 Å². The van der Waals surface area contributed by atoms with E-state index in [-0.39, 0.29) is 36.3 Å². The summed E-state index contributed by atoms with van der Waals surface area (Å²) >= 11 is 0. The number of nitro groups is 1. The summed E-state index contributed by atoms with van der Waals surface area (Å²) in [4.78, 5) is 59.4. The van der Waals surface area contributed by atoms with E-state index < -0.39 is 76.9 Å². The molecule has 10 N–H and O–H groups in total. The summed E-state index contributed by atoms with van der Waals surface area (Å²) in [5.74, 6) is 2.57. The molecule has 0 aliphatic carbocycles. The molecular formula is C21H27N4O17P3. The fourth-order valence-electron chi connectivity index (χ4n) is 3.90. The molecule has 248 valence electrons. The Bertz CT molecular complexity index is 1630. The average Bonchev–Trinajstić information content (AvgIpc) is 3.49. The molecule has 1 fully saturated rings. The molecular weight excluding hydrogens is 673 g/mol. The summed E-state index contributed by atoms with van der Waals surface area (Å²) in [5, 5.41) is 43.0. The molecule has 1 aromatic carbocycles. The van der Waals surface area contributed by atoms with Crippen LogP contribution in [-0.2, 0) is 38.3 Å². The lowest BCUT2D eigenvalue weighted by Crippen LogP contribution is -2.42. The van der Waals surface area contributed by atoms with E-state index >= 15 is 0 Å². The fraction of sp³-hybridized carbons (Fsp3) is 0.381. The summed E-state index contributed by atoms with van der Waals surface area (Å²) in [6.45, 7) is -0.721. The van der Waals surface area contributed by atoms with Gasteiger partial charge in [0, 0.05) is 6.42 Å². The van der Waals surface area contributed by atoms with Gasteiger partial charge in [0.15, 0.2) is 11.5 Å². The Labute approximate surface area is 252 Å². The lowest BCUT2D eigenvalue weighted by molar-refractivity contribution is -0.393. The lowest BCUT2D eigenvalue weighted by Gasteiger charge is -2.18. The number of phosphoric ester groups is 1. The molecule has 24 heteroatoms. The molecule has 0 saturated carbocycles. The quantitative estimate of drug-likeness (QED) is 0.0549. The molecule has 3 rings (SSSR count). The number of phenolic OH excluding ortho intramolecular Hbond substituents is 1. The van der Waals surface area contributed by atoms with E-state index in [4.69, 9.17) is 20.3 Å². The Morgan fingerprint density at radius 3 is 2.49 bits per heavy atom. The van der Waals surface area contributed by atoms with E-state index in [0.717, 1.165) is 22.8 Å². The van der Waals surface area contributed by atoms with Gasteiger partial charge in [-0.2, -0.15) is 8.62 Å². The first-order valence-electron chi connectivity index (χ1n) is 12.3. The molecule has 1 aromatic heterocycles. The van der Waals surface area contributed by atoms with Crippen molar-refractivity contribution in [3.63, 3.8) is 0 Å². The second kappa shape index (κ2) is 14.5. The zero-order valence-electron chi connectivity index (χ0n) is 22.6. The minimum atomic E-state index is -5.81. The predicted octanol–water partition coefficient (Wildman–Crippen LogP) is -0.514. The molecule has 1 aliphatic heterocycles. The van der Waals surface area contributed by atoms with Crippen LogP contribution in [0.15, 0.2) is 30.5 Å². The van der Waals surface area contributed by atoms with Gasteiger partial charge >= 0.3 is 29.3 Å². The molecule has 1 aliphatic rings. The van der Waals surface area contributed by atoms with Crippen molar-refractivity contribution in [2.75, 3.05) is 13.2 Å². The van der Waals surface area contributed by atoms with Gasteiger partial charge in [-0.15, -0.1) is 0 Å². The highest BCUT2D eigenvalue weighted by Crippen LogP contribution is 2.66. The van der Waals surface area contributed by atoms with Gasteiger partial charge < -0.3 is 60.4 Å². The fourth-order valence-corrected chi connectivity index (χ4v) is 6.93. The van der Waals surface area contributed by atoms with Crippen molar-refractivity contribution in [1.82, 2.24) is 9.88 Å². The minimum absolute atomic E-state index is 0.00237. The number of carbonyl (C=O) groups excluding carboxylic acids is 1. The number of aromatic nitrogens is 1. The number of ether oxygens (including phenoxy) is 1. The molecule has 2 heterocycles. The third kappa shape index (κ3) is 10.7. The second-order valence-corrected chi connectivity index (χ2v) is 13.5. The first-order chi connectivity index (χ1) is 20.8. The van der Waals surface area contributed by atoms with E-state index in [1.807, 2.05) is 0 Å². The number of hydrogen-bond donors (Lipinski definition) is 9. The molecule has 0 radical (unpaired) electrons. The number of nitrogens with one attached hydrogen (secondary N) is 1. The highest BCUT2D eigenvalue weighted by molar-refractivity contribution is 7.66. The van der Waals surface area contributed by atoms with Crippen LogP contribution >= 0.6 is 23.5 Å². The number of nitrogens with two attached hydrogens (primary N) is 1. The molecule has 0 bridgehead atoms. The maximum absolute atomic E-state index is 12.4. The van der Waals surface area contributed by atoms with Crippen molar-refractivity contribution in [2.45, 2.75) is 37.3 Å². The van der Waals surface area contributed by atoms with Crippen LogP contribution in [0.1, 0.15) is 23.8 Å². The number of carbonyl (C=O) groups is 1. The van der Waals surface area contributed by atoms with E-state index in [2.05, 4.69) is 30.3 Å². The number of rotatable bonds is 13. The third-order valence-corrected chi connectivity index (χ3v) is 9.49.